The largest absolute Gasteiger partial charge is 0.360 e. The van der Waals surface area contributed by atoms with Crippen molar-refractivity contribution >= 4 is 16.9 Å². The number of fused-ring (bicyclic) bond motifs is 1. The van der Waals surface area contributed by atoms with E-state index in [0.717, 1.165) is 54.7 Å². The van der Waals surface area contributed by atoms with E-state index in [-0.39, 0.29) is 5.41 Å². The summed E-state index contributed by atoms with van der Waals surface area (Å²) < 4.78 is 0. The van der Waals surface area contributed by atoms with Crippen LogP contribution in [0.25, 0.3) is 11.0 Å². The number of pyridine rings is 1. The molecule has 1 amide bonds. The lowest BCUT2D eigenvalue weighted by atomic mass is 9.49. The highest BCUT2D eigenvalue weighted by molar-refractivity contribution is 5.83. The first-order valence-electron chi connectivity index (χ1n) is 10.9. The van der Waals surface area contributed by atoms with Crippen LogP contribution >= 0.6 is 0 Å². The molecule has 0 radical (unpaired) electrons. The number of nitrogens with zero attached hydrogens (tertiary/aromatic N) is 2. The minimum absolute atomic E-state index is 0.0178. The second-order valence-corrected chi connectivity index (χ2v) is 9.91. The standard InChI is InChI=1S/C23H29N3O/c27-22(23-11-15-8-16(12-23)10-17(9-15)13-23)26-6-3-18(4-7-26)19-14-25-20-2-1-5-24-21(19)20/h1-2,5,14-18,25H,3-4,6-13H2. The third kappa shape index (κ3) is 2.48. The zero-order chi connectivity index (χ0) is 18.0. The van der Waals surface area contributed by atoms with Gasteiger partial charge >= 0.3 is 0 Å². The van der Waals surface area contributed by atoms with Gasteiger partial charge in [0.05, 0.1) is 16.4 Å². The molecule has 1 saturated heterocycles. The van der Waals surface area contributed by atoms with E-state index < -0.39 is 0 Å². The van der Waals surface area contributed by atoms with Gasteiger partial charge in [-0.2, -0.15) is 0 Å². The van der Waals surface area contributed by atoms with Gasteiger partial charge in [0.2, 0.25) is 5.91 Å². The Kier molecular flexibility index (Phi) is 3.48. The van der Waals surface area contributed by atoms with E-state index in [9.17, 15) is 4.79 Å². The lowest BCUT2D eigenvalue weighted by Gasteiger charge is -2.57. The highest BCUT2D eigenvalue weighted by Gasteiger charge is 2.55. The van der Waals surface area contributed by atoms with E-state index in [2.05, 4.69) is 27.1 Å². The number of hydrogen-bond donors (Lipinski definition) is 1. The van der Waals surface area contributed by atoms with E-state index in [1.807, 2.05) is 12.3 Å². The van der Waals surface area contributed by atoms with Crippen LogP contribution in [0, 0.1) is 23.2 Å². The van der Waals surface area contributed by atoms with Gasteiger partial charge in [0.25, 0.3) is 0 Å². The summed E-state index contributed by atoms with van der Waals surface area (Å²) in [6.45, 7) is 1.84. The average Bonchev–Trinajstić information content (AvgIpc) is 3.11. The number of carbonyl (C=O) groups excluding carboxylic acids is 1. The number of carbonyl (C=O) groups is 1. The predicted molar refractivity (Wildman–Crippen MR) is 105 cm³/mol. The van der Waals surface area contributed by atoms with Gasteiger partial charge in [0, 0.05) is 25.5 Å². The quantitative estimate of drug-likeness (QED) is 0.855. The second-order valence-electron chi connectivity index (χ2n) is 9.91. The van der Waals surface area contributed by atoms with Crippen LogP contribution in [0.5, 0.6) is 0 Å². The van der Waals surface area contributed by atoms with Crippen LogP contribution in [-0.4, -0.2) is 33.9 Å². The van der Waals surface area contributed by atoms with Crippen molar-refractivity contribution in [1.29, 1.82) is 0 Å². The first-order valence-corrected chi connectivity index (χ1v) is 10.9. The Balaban J connectivity index is 1.18. The van der Waals surface area contributed by atoms with Gasteiger partial charge in [-0.1, -0.05) is 0 Å². The van der Waals surface area contributed by atoms with Crippen molar-refractivity contribution in [2.24, 2.45) is 23.2 Å². The van der Waals surface area contributed by atoms with Gasteiger partial charge in [0.15, 0.2) is 0 Å². The number of likely N-dealkylation sites (tertiary alicyclic amines) is 1. The average molecular weight is 364 g/mol. The molecule has 0 aromatic carbocycles. The molecule has 0 spiro atoms. The first-order chi connectivity index (χ1) is 13.2. The predicted octanol–water partition coefficient (Wildman–Crippen LogP) is 4.49. The van der Waals surface area contributed by atoms with Crippen LogP contribution in [-0.2, 0) is 4.79 Å². The summed E-state index contributed by atoms with van der Waals surface area (Å²) in [6.07, 6.45) is 13.9. The number of rotatable bonds is 2. The summed E-state index contributed by atoms with van der Waals surface area (Å²) in [6, 6.07) is 4.08. The second kappa shape index (κ2) is 5.83. The van der Waals surface area contributed by atoms with Gasteiger partial charge in [-0.25, -0.2) is 0 Å². The van der Waals surface area contributed by atoms with Crippen LogP contribution in [0.1, 0.15) is 62.8 Å². The number of hydrogen-bond acceptors (Lipinski definition) is 2. The molecule has 2 aromatic heterocycles. The molecule has 3 heterocycles. The number of aromatic nitrogens is 2. The normalized spacial score (nSPS) is 35.9. The van der Waals surface area contributed by atoms with E-state index in [1.165, 1.54) is 44.1 Å². The fraction of sp³-hybridized carbons (Fsp3) is 0.652. The Hall–Kier alpha value is -1.84. The molecular formula is C23H29N3O. The van der Waals surface area contributed by atoms with Crippen molar-refractivity contribution in [1.82, 2.24) is 14.9 Å². The van der Waals surface area contributed by atoms with Gasteiger partial charge in [0.1, 0.15) is 0 Å². The molecule has 2 aromatic rings. The van der Waals surface area contributed by atoms with Gasteiger partial charge in [-0.15, -0.1) is 0 Å². The van der Waals surface area contributed by atoms with Crippen molar-refractivity contribution in [3.63, 3.8) is 0 Å². The molecule has 142 valence electrons. The van der Waals surface area contributed by atoms with E-state index >= 15 is 0 Å². The van der Waals surface area contributed by atoms with Gasteiger partial charge in [-0.05, 0) is 92.7 Å². The zero-order valence-corrected chi connectivity index (χ0v) is 16.0. The smallest absolute Gasteiger partial charge is 0.228 e. The maximum Gasteiger partial charge on any atom is 0.228 e. The molecule has 0 unspecified atom stereocenters. The summed E-state index contributed by atoms with van der Waals surface area (Å²) in [4.78, 5) is 23.7. The van der Waals surface area contributed by atoms with Crippen molar-refractivity contribution in [2.45, 2.75) is 57.3 Å². The van der Waals surface area contributed by atoms with Crippen LogP contribution in [0.15, 0.2) is 24.5 Å². The minimum atomic E-state index is 0.0178. The van der Waals surface area contributed by atoms with Crippen molar-refractivity contribution in [3.8, 4) is 0 Å². The third-order valence-electron chi connectivity index (χ3n) is 8.18. The highest BCUT2D eigenvalue weighted by atomic mass is 16.2. The molecule has 5 aliphatic rings. The van der Waals surface area contributed by atoms with Crippen molar-refractivity contribution < 1.29 is 4.79 Å². The molecule has 4 heteroatoms. The third-order valence-corrected chi connectivity index (χ3v) is 8.18. The topological polar surface area (TPSA) is 49.0 Å². The number of nitrogens with one attached hydrogen (secondary N) is 1. The number of amides is 1. The Bertz CT molecular complexity index is 841. The summed E-state index contributed by atoms with van der Waals surface area (Å²) in [7, 11) is 0. The molecule has 4 nitrogen and oxygen atoms in total. The highest BCUT2D eigenvalue weighted by Crippen LogP contribution is 2.60. The molecule has 5 fully saturated rings. The molecule has 4 bridgehead atoms. The fourth-order valence-corrected chi connectivity index (χ4v) is 7.39. The van der Waals surface area contributed by atoms with E-state index in [4.69, 9.17) is 0 Å². The molecule has 1 aliphatic heterocycles. The van der Waals surface area contributed by atoms with E-state index in [1.54, 1.807) is 0 Å². The lowest BCUT2D eigenvalue weighted by molar-refractivity contribution is -0.158. The van der Waals surface area contributed by atoms with Crippen LogP contribution in [0.2, 0.25) is 0 Å². The van der Waals surface area contributed by atoms with Crippen molar-refractivity contribution in [2.75, 3.05) is 13.1 Å². The maximum atomic E-state index is 13.6. The van der Waals surface area contributed by atoms with Crippen LogP contribution in [0.3, 0.4) is 0 Å². The lowest BCUT2D eigenvalue weighted by Crippen LogP contribution is -2.55. The van der Waals surface area contributed by atoms with Crippen LogP contribution in [0.4, 0.5) is 0 Å². The van der Waals surface area contributed by atoms with E-state index in [0.29, 0.717) is 11.8 Å². The summed E-state index contributed by atoms with van der Waals surface area (Å²) >= 11 is 0. The molecule has 4 saturated carbocycles. The summed E-state index contributed by atoms with van der Waals surface area (Å²) in [5.41, 5.74) is 3.60. The number of H-pyrrole nitrogens is 1. The summed E-state index contributed by atoms with van der Waals surface area (Å²) in [5.74, 6) is 3.56. The maximum absolute atomic E-state index is 13.6. The number of piperidine rings is 1. The molecular weight excluding hydrogens is 334 g/mol. The first kappa shape index (κ1) is 16.1. The SMILES string of the molecule is O=C(N1CCC(c2c[nH]c3cccnc23)CC1)C12CC3CC(CC(C3)C1)C2. The van der Waals surface area contributed by atoms with Gasteiger partial charge in [-0.3, -0.25) is 9.78 Å². The Morgan fingerprint density at radius 1 is 1.07 bits per heavy atom. The molecule has 4 aliphatic carbocycles. The Labute approximate surface area is 160 Å². The zero-order valence-electron chi connectivity index (χ0n) is 16.0. The summed E-state index contributed by atoms with van der Waals surface area (Å²) in [5, 5.41) is 0. The van der Waals surface area contributed by atoms with Gasteiger partial charge < -0.3 is 9.88 Å². The van der Waals surface area contributed by atoms with Crippen molar-refractivity contribution in [3.05, 3.63) is 30.1 Å². The Morgan fingerprint density at radius 3 is 2.41 bits per heavy atom. The molecule has 7 rings (SSSR count). The number of aromatic amines is 1. The molecule has 0 atom stereocenters. The molecule has 27 heavy (non-hydrogen) atoms. The Morgan fingerprint density at radius 2 is 1.74 bits per heavy atom. The molecule has 1 N–H and O–H groups in total. The van der Waals surface area contributed by atoms with Crippen LogP contribution < -0.4 is 0 Å². The minimum Gasteiger partial charge on any atom is -0.360 e. The monoisotopic (exact) mass is 363 g/mol. The fourth-order valence-electron chi connectivity index (χ4n) is 7.39.